The zero-order valence-corrected chi connectivity index (χ0v) is 14.1. The summed E-state index contributed by atoms with van der Waals surface area (Å²) < 4.78 is 28.1. The molecule has 1 unspecified atom stereocenters. The second-order valence-corrected chi connectivity index (χ2v) is 7.57. The predicted octanol–water partition coefficient (Wildman–Crippen LogP) is 3.80. The average Bonchev–Trinajstić information content (AvgIpc) is 2.60. The summed E-state index contributed by atoms with van der Waals surface area (Å²) in [7, 11) is -3.92. The van der Waals surface area contributed by atoms with Crippen molar-refractivity contribution >= 4 is 32.5 Å². The minimum atomic E-state index is -3.92. The summed E-state index contributed by atoms with van der Waals surface area (Å²) >= 11 is 0. The molecule has 0 aliphatic rings. The van der Waals surface area contributed by atoms with E-state index >= 15 is 0 Å². The van der Waals surface area contributed by atoms with Crippen molar-refractivity contribution in [2.75, 3.05) is 4.72 Å². The number of rotatable bonds is 6. The first-order valence-electron chi connectivity index (χ1n) is 7.73. The predicted molar refractivity (Wildman–Crippen MR) is 97.9 cm³/mol. The van der Waals surface area contributed by atoms with E-state index < -0.39 is 27.7 Å². The number of benzene rings is 3. The number of carbonyl (C=O) groups is 1. The molecule has 0 amide bonds. The Labute approximate surface area is 146 Å². The lowest BCUT2D eigenvalue weighted by atomic mass is 10.1. The third kappa shape index (κ3) is 3.97. The summed E-state index contributed by atoms with van der Waals surface area (Å²) in [6.45, 7) is 0. The van der Waals surface area contributed by atoms with Crippen molar-refractivity contribution in [3.63, 3.8) is 0 Å². The number of hydrogen-bond donors (Lipinski definition) is 2. The van der Waals surface area contributed by atoms with Gasteiger partial charge < -0.3 is 5.11 Å². The highest BCUT2D eigenvalue weighted by Crippen LogP contribution is 2.29. The van der Waals surface area contributed by atoms with Crippen LogP contribution in [-0.2, 0) is 14.8 Å². The van der Waals surface area contributed by atoms with Crippen LogP contribution in [0.4, 0.5) is 5.69 Å². The summed E-state index contributed by atoms with van der Waals surface area (Å²) in [5.74, 6) is -1.17. The Morgan fingerprint density at radius 3 is 2.24 bits per heavy atom. The van der Waals surface area contributed by atoms with E-state index in [-0.39, 0.29) is 0 Å². The Kier molecular flexibility index (Phi) is 4.72. The monoisotopic (exact) mass is 355 g/mol. The van der Waals surface area contributed by atoms with Crippen LogP contribution in [0.5, 0.6) is 0 Å². The van der Waals surface area contributed by atoms with E-state index in [1.807, 2.05) is 30.3 Å². The number of hydrogen-bond acceptors (Lipinski definition) is 3. The van der Waals surface area contributed by atoms with Gasteiger partial charge in [0.15, 0.2) is 0 Å². The maximum atomic E-state index is 12.8. The van der Waals surface area contributed by atoms with Crippen molar-refractivity contribution in [3.8, 4) is 0 Å². The second kappa shape index (κ2) is 6.94. The summed E-state index contributed by atoms with van der Waals surface area (Å²) in [6, 6.07) is 21.2. The molecule has 0 bridgehead atoms. The molecule has 0 saturated carbocycles. The lowest BCUT2D eigenvalue weighted by Gasteiger charge is -2.18. The van der Waals surface area contributed by atoms with Gasteiger partial charge in [-0.2, -0.15) is 0 Å². The molecule has 3 rings (SSSR count). The van der Waals surface area contributed by atoms with E-state index in [0.717, 1.165) is 10.8 Å². The van der Waals surface area contributed by atoms with E-state index in [0.29, 0.717) is 11.3 Å². The molecule has 1 atom stereocenters. The molecular formula is C19H17NO4S. The van der Waals surface area contributed by atoms with Gasteiger partial charge in [-0.3, -0.25) is 9.52 Å². The minimum Gasteiger partial charge on any atom is -0.481 e. The van der Waals surface area contributed by atoms with Gasteiger partial charge in [0.1, 0.15) is 5.25 Å². The topological polar surface area (TPSA) is 83.5 Å². The third-order valence-corrected chi connectivity index (χ3v) is 5.62. The zero-order valence-electron chi connectivity index (χ0n) is 13.3. The van der Waals surface area contributed by atoms with Gasteiger partial charge in [-0.25, -0.2) is 8.42 Å². The van der Waals surface area contributed by atoms with Crippen molar-refractivity contribution in [2.45, 2.75) is 11.7 Å². The average molecular weight is 355 g/mol. The molecule has 2 N–H and O–H groups in total. The van der Waals surface area contributed by atoms with Crippen LogP contribution >= 0.6 is 0 Å². The summed E-state index contributed by atoms with van der Waals surface area (Å²) in [4.78, 5) is 11.2. The van der Waals surface area contributed by atoms with Crippen molar-refractivity contribution in [1.29, 1.82) is 0 Å². The first kappa shape index (κ1) is 17.0. The van der Waals surface area contributed by atoms with Gasteiger partial charge in [0.2, 0.25) is 10.0 Å². The van der Waals surface area contributed by atoms with Crippen molar-refractivity contribution < 1.29 is 18.3 Å². The molecule has 6 heteroatoms. The molecule has 128 valence electrons. The molecule has 0 aliphatic heterocycles. The van der Waals surface area contributed by atoms with Crippen LogP contribution < -0.4 is 4.72 Å². The second-order valence-electron chi connectivity index (χ2n) is 5.71. The Morgan fingerprint density at radius 2 is 1.56 bits per heavy atom. The van der Waals surface area contributed by atoms with E-state index in [1.165, 1.54) is 0 Å². The van der Waals surface area contributed by atoms with Crippen LogP contribution in [0.1, 0.15) is 17.2 Å². The molecule has 25 heavy (non-hydrogen) atoms. The summed E-state index contributed by atoms with van der Waals surface area (Å²) in [6.07, 6.45) is -0.507. The summed E-state index contributed by atoms with van der Waals surface area (Å²) in [5, 5.41) is 9.85. The highest BCUT2D eigenvalue weighted by Gasteiger charge is 2.29. The zero-order chi connectivity index (χ0) is 17.9. The van der Waals surface area contributed by atoms with Crippen LogP contribution in [0.3, 0.4) is 0 Å². The quantitative estimate of drug-likeness (QED) is 0.704. The molecule has 0 radical (unpaired) electrons. The molecule has 3 aromatic rings. The van der Waals surface area contributed by atoms with Gasteiger partial charge in [-0.1, -0.05) is 60.7 Å². The van der Waals surface area contributed by atoms with Crippen LogP contribution in [0.25, 0.3) is 10.8 Å². The number of nitrogens with one attached hydrogen (secondary N) is 1. The Balaban J connectivity index is 1.95. The van der Waals surface area contributed by atoms with Crippen molar-refractivity contribution in [3.05, 3.63) is 78.4 Å². The smallest absolute Gasteiger partial charge is 0.305 e. The number of fused-ring (bicyclic) bond motifs is 1. The summed E-state index contributed by atoms with van der Waals surface area (Å²) in [5.41, 5.74) is 0.850. The fraction of sp³-hybridized carbons (Fsp3) is 0.105. The first-order valence-corrected chi connectivity index (χ1v) is 9.27. The highest BCUT2D eigenvalue weighted by atomic mass is 32.2. The SMILES string of the molecule is O=C(O)CC(c1ccccc1)S(=O)(=O)Nc1ccc2ccccc2c1. The molecule has 3 aromatic carbocycles. The van der Waals surface area contributed by atoms with Crippen LogP contribution in [-0.4, -0.2) is 19.5 Å². The Morgan fingerprint density at radius 1 is 0.920 bits per heavy atom. The standard InChI is InChI=1S/C19H17NO4S/c21-19(22)13-18(15-7-2-1-3-8-15)25(23,24)20-17-11-10-14-6-4-5-9-16(14)12-17/h1-12,18,20H,13H2,(H,21,22). The number of carboxylic acids is 1. The van der Waals surface area contributed by atoms with Gasteiger partial charge in [0.25, 0.3) is 0 Å². The molecule has 0 fully saturated rings. The number of carboxylic acid groups (broad SMARTS) is 1. The lowest BCUT2D eigenvalue weighted by Crippen LogP contribution is -2.23. The number of aliphatic carboxylic acids is 1. The highest BCUT2D eigenvalue weighted by molar-refractivity contribution is 7.93. The van der Waals surface area contributed by atoms with Gasteiger partial charge in [0.05, 0.1) is 6.42 Å². The molecule has 5 nitrogen and oxygen atoms in total. The number of sulfonamides is 1. The Hall–Kier alpha value is -2.86. The molecule has 0 aromatic heterocycles. The lowest BCUT2D eigenvalue weighted by molar-refractivity contribution is -0.137. The van der Waals surface area contributed by atoms with E-state index in [2.05, 4.69) is 4.72 Å². The van der Waals surface area contributed by atoms with Crippen LogP contribution in [0.15, 0.2) is 72.8 Å². The van der Waals surface area contributed by atoms with Crippen LogP contribution in [0.2, 0.25) is 0 Å². The van der Waals surface area contributed by atoms with E-state index in [9.17, 15) is 13.2 Å². The minimum absolute atomic E-state index is 0.407. The van der Waals surface area contributed by atoms with Gasteiger partial charge in [0, 0.05) is 5.69 Å². The van der Waals surface area contributed by atoms with Crippen LogP contribution in [0, 0.1) is 0 Å². The van der Waals surface area contributed by atoms with E-state index in [1.54, 1.807) is 42.5 Å². The van der Waals surface area contributed by atoms with E-state index in [4.69, 9.17) is 5.11 Å². The first-order chi connectivity index (χ1) is 12.0. The number of anilines is 1. The largest absolute Gasteiger partial charge is 0.481 e. The van der Waals surface area contributed by atoms with Gasteiger partial charge >= 0.3 is 5.97 Å². The molecular weight excluding hydrogens is 338 g/mol. The van der Waals surface area contributed by atoms with Gasteiger partial charge in [-0.05, 0) is 28.5 Å². The van der Waals surface area contributed by atoms with Gasteiger partial charge in [-0.15, -0.1) is 0 Å². The fourth-order valence-electron chi connectivity index (χ4n) is 2.72. The Bertz CT molecular complexity index is 1000. The normalized spacial score (nSPS) is 12.6. The molecule has 0 spiro atoms. The van der Waals surface area contributed by atoms with Crippen molar-refractivity contribution in [1.82, 2.24) is 0 Å². The molecule has 0 saturated heterocycles. The molecule has 0 heterocycles. The third-order valence-electron chi connectivity index (χ3n) is 3.92. The maximum absolute atomic E-state index is 12.8. The molecule has 0 aliphatic carbocycles. The van der Waals surface area contributed by atoms with Crippen molar-refractivity contribution in [2.24, 2.45) is 0 Å². The fourth-order valence-corrected chi connectivity index (χ4v) is 4.20. The maximum Gasteiger partial charge on any atom is 0.305 e.